The third kappa shape index (κ3) is 7.70. The van der Waals surface area contributed by atoms with Crippen LogP contribution >= 0.6 is 7.26 Å². The Morgan fingerprint density at radius 2 is 0.653 bits per heavy atom. The molecule has 7 aromatic carbocycles. The lowest BCUT2D eigenvalue weighted by Gasteiger charge is -2.43. The molecule has 0 bridgehead atoms. The van der Waals surface area contributed by atoms with Gasteiger partial charge < -0.3 is 0 Å². The van der Waals surface area contributed by atoms with Crippen molar-refractivity contribution < 1.29 is 0 Å². The largest absolute Gasteiger partial charge is 0.200 e. The summed E-state index contributed by atoms with van der Waals surface area (Å²) in [7, 11) is -1.78. The van der Waals surface area contributed by atoms with Crippen LogP contribution in [0.5, 0.6) is 0 Å². The van der Waals surface area contributed by atoms with Crippen LogP contribution in [0.3, 0.4) is 0 Å². The number of benzene rings is 7. The topological polar surface area (TPSA) is 0 Å². The first-order valence-electron chi connectivity index (χ1n) is 17.7. The van der Waals surface area contributed by atoms with Crippen molar-refractivity contribution in [1.82, 2.24) is 0 Å². The maximum absolute atomic E-state index is 2.30. The summed E-state index contributed by atoms with van der Waals surface area (Å²) in [6.45, 7) is 2.28. The van der Waals surface area contributed by atoms with E-state index in [1.807, 2.05) is 0 Å². The highest BCUT2D eigenvalue weighted by molar-refractivity contribution is 7.95. The number of rotatable bonds is 11. The van der Waals surface area contributed by atoms with E-state index in [9.17, 15) is 0 Å². The second-order valence-electron chi connectivity index (χ2n) is 12.9. The Balaban J connectivity index is 0.000000171. The standard InChI is InChI=1S/C25H22P.C22H24B/c1-5-13-22(14-6-1)21-26(23-15-7-2-8-16-23,24-17-9-3-10-18-24)25-19-11-4-12-20-25;1-2-3-19-23(20-13-7-4-8-14-20,21-15-9-5-10-16-21)22-17-11-6-12-18-22/h1-20H,21H2;4-18H,2-3,19H2,1H3/q+1;-1. The Labute approximate surface area is 294 Å². The van der Waals surface area contributed by atoms with Crippen LogP contribution in [0.1, 0.15) is 25.3 Å². The van der Waals surface area contributed by atoms with E-state index >= 15 is 0 Å². The predicted molar refractivity (Wildman–Crippen MR) is 219 cm³/mol. The lowest BCUT2D eigenvalue weighted by Crippen LogP contribution is -2.66. The molecule has 0 aromatic heterocycles. The predicted octanol–water partition coefficient (Wildman–Crippen LogP) is 9.14. The molecule has 0 amide bonds. The molecular formula is C47H46BP. The molecule has 2 heteroatoms. The number of hydrogen-bond acceptors (Lipinski definition) is 0. The summed E-state index contributed by atoms with van der Waals surface area (Å²) in [5.41, 5.74) is 5.72. The summed E-state index contributed by atoms with van der Waals surface area (Å²) in [5, 5.41) is 4.30. The first-order valence-corrected chi connectivity index (χ1v) is 19.7. The Bertz CT molecular complexity index is 1740. The molecular weight excluding hydrogens is 606 g/mol. The quantitative estimate of drug-likeness (QED) is 0.0966. The summed E-state index contributed by atoms with van der Waals surface area (Å²) < 4.78 is 0. The van der Waals surface area contributed by atoms with Crippen LogP contribution in [0, 0.1) is 0 Å². The van der Waals surface area contributed by atoms with Gasteiger partial charge in [0.05, 0.1) is 12.3 Å². The zero-order valence-corrected chi connectivity index (χ0v) is 29.5. The zero-order chi connectivity index (χ0) is 33.6. The van der Waals surface area contributed by atoms with Crippen LogP contribution in [0.15, 0.2) is 212 Å². The molecule has 0 aliphatic carbocycles. The van der Waals surface area contributed by atoms with E-state index < -0.39 is 13.4 Å². The zero-order valence-electron chi connectivity index (χ0n) is 28.6. The average Bonchev–Trinajstić information content (AvgIpc) is 3.20. The molecule has 7 rings (SSSR count). The molecule has 49 heavy (non-hydrogen) atoms. The minimum Gasteiger partial charge on any atom is -0.200 e. The molecule has 0 fully saturated rings. The summed E-state index contributed by atoms with van der Waals surface area (Å²) in [6, 6.07) is 77.2. The first-order chi connectivity index (χ1) is 24.3. The highest BCUT2D eigenvalue weighted by Crippen LogP contribution is 2.58. The fourth-order valence-corrected chi connectivity index (χ4v) is 11.8. The van der Waals surface area contributed by atoms with Gasteiger partial charge in [0, 0.05) is 0 Å². The lowest BCUT2D eigenvalue weighted by molar-refractivity contribution is 0.874. The molecule has 0 N–H and O–H groups in total. The minimum absolute atomic E-state index is 0.913. The number of unbranched alkanes of at least 4 members (excludes halogenated alkanes) is 1. The molecule has 0 spiro atoms. The second kappa shape index (κ2) is 16.9. The fraction of sp³-hybridized carbons (Fsp3) is 0.106. The van der Waals surface area contributed by atoms with Crippen LogP contribution in [0.2, 0.25) is 6.32 Å². The highest BCUT2D eigenvalue weighted by Gasteiger charge is 2.45. The van der Waals surface area contributed by atoms with Crippen LogP contribution < -0.4 is 32.3 Å². The van der Waals surface area contributed by atoms with E-state index in [4.69, 9.17) is 0 Å². The van der Waals surface area contributed by atoms with Crippen molar-refractivity contribution in [3.8, 4) is 0 Å². The Kier molecular flexibility index (Phi) is 11.7. The normalized spacial score (nSPS) is 11.3. The molecule has 242 valence electrons. The molecule has 0 unspecified atom stereocenters. The summed E-state index contributed by atoms with van der Waals surface area (Å²) in [5.74, 6) is 0. The van der Waals surface area contributed by atoms with Gasteiger partial charge in [-0.1, -0.05) is 196 Å². The smallest absolute Gasteiger partial charge is 0.116 e. The van der Waals surface area contributed by atoms with Crippen LogP contribution in [0.25, 0.3) is 0 Å². The summed E-state index contributed by atoms with van der Waals surface area (Å²) in [4.78, 5) is 0. The van der Waals surface area contributed by atoms with Gasteiger partial charge in [-0.25, -0.2) is 0 Å². The van der Waals surface area contributed by atoms with Gasteiger partial charge in [0.15, 0.2) is 0 Å². The second-order valence-corrected chi connectivity index (χ2v) is 16.4. The molecule has 0 nitrogen and oxygen atoms in total. The SMILES string of the molecule is CCCC[B-](c1ccccc1)(c1ccccc1)c1ccccc1.c1ccc(C[P+](c2ccccc2)(c2ccccc2)c2ccccc2)cc1. The van der Waals surface area contributed by atoms with Gasteiger partial charge in [0.25, 0.3) is 0 Å². The van der Waals surface area contributed by atoms with Crippen molar-refractivity contribution in [3.63, 3.8) is 0 Å². The molecule has 0 saturated heterocycles. The van der Waals surface area contributed by atoms with Gasteiger partial charge in [0.2, 0.25) is 0 Å². The Morgan fingerprint density at radius 3 is 0.959 bits per heavy atom. The van der Waals surface area contributed by atoms with Crippen molar-refractivity contribution in [2.24, 2.45) is 0 Å². The average molecular weight is 653 g/mol. The van der Waals surface area contributed by atoms with Crippen molar-refractivity contribution in [3.05, 3.63) is 218 Å². The third-order valence-electron chi connectivity index (χ3n) is 9.95. The monoisotopic (exact) mass is 652 g/mol. The molecule has 0 radical (unpaired) electrons. The fourth-order valence-electron chi connectivity index (χ4n) is 7.56. The number of hydrogen-bond donors (Lipinski definition) is 0. The van der Waals surface area contributed by atoms with Gasteiger partial charge in [-0.05, 0) is 42.0 Å². The van der Waals surface area contributed by atoms with Gasteiger partial charge in [-0.2, -0.15) is 22.7 Å². The third-order valence-corrected chi connectivity index (χ3v) is 14.3. The molecule has 0 aliphatic rings. The maximum atomic E-state index is 2.30. The summed E-state index contributed by atoms with van der Waals surface area (Å²) >= 11 is 0. The van der Waals surface area contributed by atoms with Crippen molar-refractivity contribution >= 4 is 45.7 Å². The van der Waals surface area contributed by atoms with E-state index in [0.29, 0.717) is 0 Å². The van der Waals surface area contributed by atoms with E-state index in [1.165, 1.54) is 57.0 Å². The molecule has 0 saturated carbocycles. The van der Waals surface area contributed by atoms with Crippen molar-refractivity contribution in [2.45, 2.75) is 32.2 Å². The van der Waals surface area contributed by atoms with E-state index in [0.717, 1.165) is 6.16 Å². The van der Waals surface area contributed by atoms with Crippen molar-refractivity contribution in [2.75, 3.05) is 0 Å². The van der Waals surface area contributed by atoms with Crippen LogP contribution in [-0.4, -0.2) is 6.15 Å². The Morgan fingerprint density at radius 1 is 0.367 bits per heavy atom. The molecule has 0 atom stereocenters. The van der Waals surface area contributed by atoms with Gasteiger partial charge in [0.1, 0.15) is 23.2 Å². The van der Waals surface area contributed by atoms with Gasteiger partial charge >= 0.3 is 0 Å². The van der Waals surface area contributed by atoms with Crippen LogP contribution in [0.4, 0.5) is 0 Å². The highest BCUT2D eigenvalue weighted by atomic mass is 31.2. The van der Waals surface area contributed by atoms with E-state index in [1.54, 1.807) is 0 Å². The lowest BCUT2D eigenvalue weighted by atomic mass is 9.14. The first kappa shape index (κ1) is 33.9. The van der Waals surface area contributed by atoms with Crippen molar-refractivity contribution in [1.29, 1.82) is 0 Å². The van der Waals surface area contributed by atoms with E-state index in [2.05, 4.69) is 219 Å². The van der Waals surface area contributed by atoms with E-state index in [-0.39, 0.29) is 0 Å². The molecule has 7 aromatic rings. The molecule has 0 aliphatic heterocycles. The van der Waals surface area contributed by atoms with Crippen LogP contribution in [-0.2, 0) is 6.16 Å². The Hall–Kier alpha value is -4.97. The maximum Gasteiger partial charge on any atom is 0.116 e. The molecule has 0 heterocycles. The van der Waals surface area contributed by atoms with Gasteiger partial charge in [-0.15, -0.1) is 0 Å². The minimum atomic E-state index is -1.78. The summed E-state index contributed by atoms with van der Waals surface area (Å²) in [6.07, 6.45) is 3.76. The van der Waals surface area contributed by atoms with Gasteiger partial charge in [-0.3, -0.25) is 0 Å².